The van der Waals surface area contributed by atoms with E-state index in [9.17, 15) is 4.79 Å². The maximum Gasteiger partial charge on any atom is 0.145 e. The predicted molar refractivity (Wildman–Crippen MR) is 79.5 cm³/mol. The van der Waals surface area contributed by atoms with Gasteiger partial charge in [0.25, 0.3) is 0 Å². The molecule has 0 aliphatic carbocycles. The second-order valence-electron chi connectivity index (χ2n) is 4.96. The van der Waals surface area contributed by atoms with Gasteiger partial charge in [-0.25, -0.2) is 0 Å². The van der Waals surface area contributed by atoms with Crippen LogP contribution in [0.5, 0.6) is 5.75 Å². The molecule has 0 amide bonds. The lowest BCUT2D eigenvalue weighted by Crippen LogP contribution is -2.22. The third-order valence-corrected chi connectivity index (χ3v) is 4.04. The van der Waals surface area contributed by atoms with Crippen LogP contribution < -0.4 is 4.74 Å². The van der Waals surface area contributed by atoms with Gasteiger partial charge in [0.15, 0.2) is 0 Å². The first-order valence-electron chi connectivity index (χ1n) is 6.73. The maximum atomic E-state index is 12.6. The van der Waals surface area contributed by atoms with Crippen molar-refractivity contribution < 1.29 is 9.53 Å². The first-order valence-corrected chi connectivity index (χ1v) is 7.11. The number of para-hydroxylation sites is 1. The number of ether oxygens (including phenoxy) is 1. The number of benzene rings is 2. The summed E-state index contributed by atoms with van der Waals surface area (Å²) in [6, 6.07) is 15.3. The Balaban J connectivity index is 1.84. The molecule has 1 unspecified atom stereocenters. The third-order valence-electron chi connectivity index (χ3n) is 3.67. The maximum absolute atomic E-state index is 12.6. The molecule has 0 bridgehead atoms. The van der Waals surface area contributed by atoms with Crippen molar-refractivity contribution in [2.24, 2.45) is 0 Å². The number of hydrogen-bond donors (Lipinski definition) is 0. The smallest absolute Gasteiger partial charge is 0.145 e. The molecule has 0 radical (unpaired) electrons. The van der Waals surface area contributed by atoms with Crippen LogP contribution in [-0.4, -0.2) is 12.4 Å². The zero-order valence-electron chi connectivity index (χ0n) is 11.0. The Hall–Kier alpha value is -1.80. The summed E-state index contributed by atoms with van der Waals surface area (Å²) < 4.78 is 5.60. The summed E-state index contributed by atoms with van der Waals surface area (Å²) in [5.74, 6) is 0.946. The summed E-state index contributed by atoms with van der Waals surface area (Å²) in [5, 5.41) is 0.654. The predicted octanol–water partition coefficient (Wildman–Crippen LogP) is 4.02. The van der Waals surface area contributed by atoms with Crippen LogP contribution in [0.1, 0.15) is 23.5 Å². The van der Waals surface area contributed by atoms with Gasteiger partial charge < -0.3 is 4.74 Å². The van der Waals surface area contributed by atoms with Crippen LogP contribution in [-0.2, 0) is 11.2 Å². The van der Waals surface area contributed by atoms with Crippen molar-refractivity contribution in [3.05, 3.63) is 64.7 Å². The highest BCUT2D eigenvalue weighted by Crippen LogP contribution is 2.34. The fourth-order valence-corrected chi connectivity index (χ4v) is 2.83. The molecule has 1 aliphatic heterocycles. The van der Waals surface area contributed by atoms with Gasteiger partial charge in [-0.05, 0) is 24.1 Å². The third kappa shape index (κ3) is 2.56. The van der Waals surface area contributed by atoms with Gasteiger partial charge in [-0.3, -0.25) is 4.79 Å². The molecule has 20 heavy (non-hydrogen) atoms. The van der Waals surface area contributed by atoms with Crippen LogP contribution in [0.3, 0.4) is 0 Å². The Kier molecular flexibility index (Phi) is 3.75. The highest BCUT2D eigenvalue weighted by molar-refractivity contribution is 6.31. The molecule has 2 aromatic carbocycles. The van der Waals surface area contributed by atoms with Gasteiger partial charge in [0.05, 0.1) is 6.61 Å². The van der Waals surface area contributed by atoms with Gasteiger partial charge in [-0.15, -0.1) is 0 Å². The van der Waals surface area contributed by atoms with Crippen LogP contribution >= 0.6 is 11.6 Å². The number of carbonyl (C=O) groups excluding carboxylic acids is 1. The number of fused-ring (bicyclic) bond motifs is 1. The van der Waals surface area contributed by atoms with Gasteiger partial charge in [0.1, 0.15) is 11.5 Å². The Morgan fingerprint density at radius 1 is 1.15 bits per heavy atom. The standard InChI is InChI=1S/C17H15ClO2/c18-15-7-3-1-5-12(15)11-16(19)13-9-10-20-17-8-4-2-6-14(13)17/h1-8,13H,9-11H2. The Bertz CT molecular complexity index is 636. The fraction of sp³-hybridized carbons (Fsp3) is 0.235. The SMILES string of the molecule is O=C(Cc1ccccc1Cl)C1CCOc2ccccc21. The van der Waals surface area contributed by atoms with Crippen LogP contribution in [0.2, 0.25) is 5.02 Å². The van der Waals surface area contributed by atoms with E-state index in [2.05, 4.69) is 0 Å². The minimum Gasteiger partial charge on any atom is -0.493 e. The number of ketones is 1. The van der Waals surface area contributed by atoms with Crippen molar-refractivity contribution in [1.82, 2.24) is 0 Å². The quantitative estimate of drug-likeness (QED) is 0.852. The molecular formula is C17H15ClO2. The molecule has 0 saturated heterocycles. The summed E-state index contributed by atoms with van der Waals surface area (Å²) in [6.45, 7) is 0.593. The molecule has 0 saturated carbocycles. The molecule has 1 heterocycles. The number of carbonyl (C=O) groups is 1. The van der Waals surface area contributed by atoms with E-state index in [0.717, 1.165) is 23.3 Å². The van der Waals surface area contributed by atoms with Crippen molar-refractivity contribution in [2.45, 2.75) is 18.8 Å². The highest BCUT2D eigenvalue weighted by Gasteiger charge is 2.27. The average molecular weight is 287 g/mol. The average Bonchev–Trinajstić information content (AvgIpc) is 2.49. The molecule has 0 N–H and O–H groups in total. The van der Waals surface area contributed by atoms with Crippen LogP contribution in [0.25, 0.3) is 0 Å². The minimum atomic E-state index is -0.0868. The Morgan fingerprint density at radius 2 is 1.90 bits per heavy atom. The van der Waals surface area contributed by atoms with E-state index in [0.29, 0.717) is 18.1 Å². The van der Waals surface area contributed by atoms with Crippen LogP contribution in [0.15, 0.2) is 48.5 Å². The molecule has 102 valence electrons. The van der Waals surface area contributed by atoms with E-state index in [1.807, 2.05) is 48.5 Å². The van der Waals surface area contributed by atoms with Gasteiger partial charge >= 0.3 is 0 Å². The number of rotatable bonds is 3. The van der Waals surface area contributed by atoms with Gasteiger partial charge in [0.2, 0.25) is 0 Å². The van der Waals surface area contributed by atoms with Crippen molar-refractivity contribution in [3.63, 3.8) is 0 Å². The Morgan fingerprint density at radius 3 is 2.75 bits per heavy atom. The van der Waals surface area contributed by atoms with Crippen LogP contribution in [0.4, 0.5) is 0 Å². The molecule has 0 aromatic heterocycles. The molecule has 3 heteroatoms. The molecule has 0 spiro atoms. The van der Waals surface area contributed by atoms with E-state index in [1.54, 1.807) is 0 Å². The second kappa shape index (κ2) is 5.68. The monoisotopic (exact) mass is 286 g/mol. The Labute approximate surface area is 123 Å². The first-order chi connectivity index (χ1) is 9.75. The fourth-order valence-electron chi connectivity index (χ4n) is 2.63. The number of halogens is 1. The molecule has 2 nitrogen and oxygen atoms in total. The lowest BCUT2D eigenvalue weighted by atomic mass is 9.87. The van der Waals surface area contributed by atoms with Crippen molar-refractivity contribution in [1.29, 1.82) is 0 Å². The number of Topliss-reactive ketones (excluding diaryl/α,β-unsaturated/α-hetero) is 1. The number of hydrogen-bond acceptors (Lipinski definition) is 2. The topological polar surface area (TPSA) is 26.3 Å². The van der Waals surface area contributed by atoms with Gasteiger partial charge in [0, 0.05) is 22.9 Å². The molecular weight excluding hydrogens is 272 g/mol. The molecule has 1 aliphatic rings. The summed E-state index contributed by atoms with van der Waals surface area (Å²) in [7, 11) is 0. The minimum absolute atomic E-state index is 0.0868. The summed E-state index contributed by atoms with van der Waals surface area (Å²) >= 11 is 6.13. The summed E-state index contributed by atoms with van der Waals surface area (Å²) in [6.07, 6.45) is 1.11. The summed E-state index contributed by atoms with van der Waals surface area (Å²) in [4.78, 5) is 12.6. The van der Waals surface area contributed by atoms with E-state index in [1.165, 1.54) is 0 Å². The molecule has 2 aromatic rings. The lowest BCUT2D eigenvalue weighted by Gasteiger charge is -2.25. The van der Waals surface area contributed by atoms with Gasteiger partial charge in [-0.2, -0.15) is 0 Å². The van der Waals surface area contributed by atoms with Crippen molar-refractivity contribution in [2.75, 3.05) is 6.61 Å². The molecule has 0 fully saturated rings. The highest BCUT2D eigenvalue weighted by atomic mass is 35.5. The van der Waals surface area contributed by atoms with Gasteiger partial charge in [-0.1, -0.05) is 48.0 Å². The van der Waals surface area contributed by atoms with E-state index < -0.39 is 0 Å². The normalized spacial score (nSPS) is 17.1. The van der Waals surface area contributed by atoms with E-state index in [-0.39, 0.29) is 11.7 Å². The molecule has 1 atom stereocenters. The largest absolute Gasteiger partial charge is 0.493 e. The van der Waals surface area contributed by atoms with E-state index >= 15 is 0 Å². The zero-order chi connectivity index (χ0) is 13.9. The van der Waals surface area contributed by atoms with Crippen molar-refractivity contribution in [3.8, 4) is 5.75 Å². The van der Waals surface area contributed by atoms with E-state index in [4.69, 9.17) is 16.3 Å². The lowest BCUT2D eigenvalue weighted by molar-refractivity contribution is -0.120. The zero-order valence-corrected chi connectivity index (χ0v) is 11.8. The van der Waals surface area contributed by atoms with Crippen molar-refractivity contribution >= 4 is 17.4 Å². The second-order valence-corrected chi connectivity index (χ2v) is 5.37. The van der Waals surface area contributed by atoms with Crippen LogP contribution in [0, 0.1) is 0 Å². The molecule has 3 rings (SSSR count). The first kappa shape index (κ1) is 13.2. The summed E-state index contributed by atoms with van der Waals surface area (Å²) in [5.41, 5.74) is 1.89.